The molecule has 0 bridgehead atoms. The third kappa shape index (κ3) is 5.49. The summed E-state index contributed by atoms with van der Waals surface area (Å²) in [6, 6.07) is 0.587. The minimum atomic E-state index is 0.0910. The molecule has 0 aliphatic carbocycles. The third-order valence-corrected chi connectivity index (χ3v) is 3.12. The average Bonchev–Trinajstić information content (AvgIpc) is 2.29. The Morgan fingerprint density at radius 2 is 2.22 bits per heavy atom. The van der Waals surface area contributed by atoms with E-state index in [0.29, 0.717) is 25.4 Å². The van der Waals surface area contributed by atoms with Gasteiger partial charge in [0.25, 0.3) is 0 Å². The lowest BCUT2D eigenvalue weighted by molar-refractivity contribution is -0.134. The van der Waals surface area contributed by atoms with E-state index >= 15 is 0 Å². The molecule has 104 valence electrons. The molecule has 1 unspecified atom stereocenters. The van der Waals surface area contributed by atoms with Crippen molar-refractivity contribution in [3.8, 4) is 0 Å². The first-order valence-electron chi connectivity index (χ1n) is 6.75. The molecule has 0 saturated carbocycles. The Bertz CT molecular complexity index is 292. The van der Waals surface area contributed by atoms with Crippen LogP contribution in [0.5, 0.6) is 0 Å². The second kappa shape index (κ2) is 7.36. The number of nitrogens with zero attached hydrogens (tertiary/aromatic N) is 1. The first-order valence-corrected chi connectivity index (χ1v) is 6.75. The maximum absolute atomic E-state index is 11.7. The lowest BCUT2D eigenvalue weighted by Gasteiger charge is -2.30. The first-order chi connectivity index (χ1) is 8.49. The summed E-state index contributed by atoms with van der Waals surface area (Å²) in [7, 11) is 1.78. The number of piperidine rings is 1. The summed E-state index contributed by atoms with van der Waals surface area (Å²) in [6.07, 6.45) is 2.70. The highest BCUT2D eigenvalue weighted by atomic mass is 16.2. The van der Waals surface area contributed by atoms with Crippen molar-refractivity contribution < 1.29 is 9.59 Å². The minimum Gasteiger partial charge on any atom is -0.352 e. The molecule has 0 aromatic heterocycles. The Morgan fingerprint density at radius 1 is 1.50 bits per heavy atom. The van der Waals surface area contributed by atoms with E-state index in [2.05, 4.69) is 24.5 Å². The van der Waals surface area contributed by atoms with Crippen LogP contribution in [0.3, 0.4) is 0 Å². The number of hydrogen-bond acceptors (Lipinski definition) is 3. The Labute approximate surface area is 109 Å². The molecule has 2 N–H and O–H groups in total. The van der Waals surface area contributed by atoms with Crippen LogP contribution in [0.25, 0.3) is 0 Å². The number of likely N-dealkylation sites (N-methyl/N-ethyl adjacent to an activating group) is 1. The number of carbonyl (C=O) groups excluding carboxylic acids is 2. The van der Waals surface area contributed by atoms with Gasteiger partial charge in [0, 0.05) is 38.5 Å². The lowest BCUT2D eigenvalue weighted by atomic mass is 10.1. The summed E-state index contributed by atoms with van der Waals surface area (Å²) in [5.41, 5.74) is 0. The zero-order valence-electron chi connectivity index (χ0n) is 11.7. The number of rotatable bonds is 6. The Hall–Kier alpha value is -1.10. The van der Waals surface area contributed by atoms with Crippen molar-refractivity contribution in [2.75, 3.05) is 20.1 Å². The molecule has 1 heterocycles. The molecule has 5 nitrogen and oxygen atoms in total. The van der Waals surface area contributed by atoms with Crippen LogP contribution in [0.1, 0.15) is 39.5 Å². The van der Waals surface area contributed by atoms with Crippen molar-refractivity contribution in [2.45, 2.75) is 51.6 Å². The van der Waals surface area contributed by atoms with Crippen LogP contribution >= 0.6 is 0 Å². The van der Waals surface area contributed by atoms with E-state index in [1.807, 2.05) is 0 Å². The van der Waals surface area contributed by atoms with Gasteiger partial charge in [-0.3, -0.25) is 9.59 Å². The molecule has 1 aliphatic rings. The smallest absolute Gasteiger partial charge is 0.222 e. The van der Waals surface area contributed by atoms with Crippen LogP contribution in [-0.4, -0.2) is 48.9 Å². The number of likely N-dealkylation sites (tertiary alicyclic amines) is 1. The average molecular weight is 255 g/mol. The van der Waals surface area contributed by atoms with Crippen molar-refractivity contribution in [1.82, 2.24) is 15.5 Å². The van der Waals surface area contributed by atoms with Crippen LogP contribution in [0.4, 0.5) is 0 Å². The molecule has 1 fully saturated rings. The second-order valence-corrected chi connectivity index (χ2v) is 5.29. The maximum atomic E-state index is 11.7. The van der Waals surface area contributed by atoms with E-state index in [1.165, 1.54) is 0 Å². The molecule has 0 aromatic carbocycles. The van der Waals surface area contributed by atoms with Crippen LogP contribution in [0.2, 0.25) is 0 Å². The normalized spacial score (nSPS) is 20.3. The maximum Gasteiger partial charge on any atom is 0.222 e. The quantitative estimate of drug-likeness (QED) is 0.680. The minimum absolute atomic E-state index is 0.0910. The van der Waals surface area contributed by atoms with Crippen LogP contribution in [0.15, 0.2) is 0 Å². The Morgan fingerprint density at radius 3 is 2.83 bits per heavy atom. The first kappa shape index (κ1) is 15.0. The second-order valence-electron chi connectivity index (χ2n) is 5.29. The fraction of sp³-hybridized carbons (Fsp3) is 0.846. The highest BCUT2D eigenvalue weighted by Gasteiger charge is 2.23. The Kier molecular flexibility index (Phi) is 6.12. The molecule has 2 amide bonds. The third-order valence-electron chi connectivity index (χ3n) is 3.12. The van der Waals surface area contributed by atoms with E-state index < -0.39 is 0 Å². The van der Waals surface area contributed by atoms with Gasteiger partial charge in [0.15, 0.2) is 0 Å². The number of hydrogen-bond donors (Lipinski definition) is 2. The summed E-state index contributed by atoms with van der Waals surface area (Å²) in [5.74, 6) is 0.259. The topological polar surface area (TPSA) is 61.4 Å². The highest BCUT2D eigenvalue weighted by molar-refractivity contribution is 5.78. The summed E-state index contributed by atoms with van der Waals surface area (Å²) >= 11 is 0. The van der Waals surface area contributed by atoms with Gasteiger partial charge in [-0.1, -0.05) is 13.8 Å². The van der Waals surface area contributed by atoms with Gasteiger partial charge in [0.1, 0.15) is 0 Å². The zero-order valence-corrected chi connectivity index (χ0v) is 11.7. The number of nitrogens with one attached hydrogen (secondary N) is 2. The van der Waals surface area contributed by atoms with Crippen molar-refractivity contribution in [3.05, 3.63) is 0 Å². The molecule has 1 rings (SSSR count). The zero-order chi connectivity index (χ0) is 13.5. The summed E-state index contributed by atoms with van der Waals surface area (Å²) < 4.78 is 0. The SMILES string of the molecule is CC(C)NCCCC(=O)NC1CCC(=O)N(C)C1. The van der Waals surface area contributed by atoms with Gasteiger partial charge in [-0.25, -0.2) is 0 Å². The molecule has 0 spiro atoms. The van der Waals surface area contributed by atoms with Crippen LogP contribution in [-0.2, 0) is 9.59 Å². The van der Waals surface area contributed by atoms with E-state index in [9.17, 15) is 9.59 Å². The fourth-order valence-electron chi connectivity index (χ4n) is 2.07. The summed E-state index contributed by atoms with van der Waals surface area (Å²) in [4.78, 5) is 24.7. The monoisotopic (exact) mass is 255 g/mol. The summed E-state index contributed by atoms with van der Waals surface area (Å²) in [5, 5.41) is 6.28. The van der Waals surface area contributed by atoms with Crippen molar-refractivity contribution in [2.24, 2.45) is 0 Å². The van der Waals surface area contributed by atoms with Gasteiger partial charge in [0.2, 0.25) is 11.8 Å². The van der Waals surface area contributed by atoms with Crippen molar-refractivity contribution in [3.63, 3.8) is 0 Å². The number of amides is 2. The standard InChI is InChI=1S/C13H25N3O2/c1-10(2)14-8-4-5-12(17)15-11-6-7-13(18)16(3)9-11/h10-11,14H,4-9H2,1-3H3,(H,15,17). The molecular weight excluding hydrogens is 230 g/mol. The van der Waals surface area contributed by atoms with Crippen molar-refractivity contribution in [1.29, 1.82) is 0 Å². The molecule has 5 heteroatoms. The van der Waals surface area contributed by atoms with Crippen LogP contribution < -0.4 is 10.6 Å². The van der Waals surface area contributed by atoms with Crippen LogP contribution in [0, 0.1) is 0 Å². The summed E-state index contributed by atoms with van der Waals surface area (Å²) in [6.45, 7) is 5.69. The van der Waals surface area contributed by atoms with Gasteiger partial charge in [0.05, 0.1) is 0 Å². The largest absolute Gasteiger partial charge is 0.352 e. The van der Waals surface area contributed by atoms with Gasteiger partial charge in [-0.15, -0.1) is 0 Å². The van der Waals surface area contributed by atoms with E-state index in [1.54, 1.807) is 11.9 Å². The van der Waals surface area contributed by atoms with E-state index in [4.69, 9.17) is 0 Å². The molecule has 1 aliphatic heterocycles. The molecule has 1 atom stereocenters. The lowest BCUT2D eigenvalue weighted by Crippen LogP contribution is -2.48. The van der Waals surface area contributed by atoms with E-state index in [-0.39, 0.29) is 17.9 Å². The predicted octanol–water partition coefficient (Wildman–Crippen LogP) is 0.502. The molecule has 0 aromatic rings. The van der Waals surface area contributed by atoms with Gasteiger partial charge in [-0.05, 0) is 19.4 Å². The fourth-order valence-corrected chi connectivity index (χ4v) is 2.07. The highest BCUT2D eigenvalue weighted by Crippen LogP contribution is 2.09. The van der Waals surface area contributed by atoms with Gasteiger partial charge < -0.3 is 15.5 Å². The Balaban J connectivity index is 2.14. The van der Waals surface area contributed by atoms with Gasteiger partial charge in [-0.2, -0.15) is 0 Å². The molecule has 18 heavy (non-hydrogen) atoms. The number of carbonyl (C=O) groups is 2. The van der Waals surface area contributed by atoms with Gasteiger partial charge >= 0.3 is 0 Å². The van der Waals surface area contributed by atoms with Crippen molar-refractivity contribution >= 4 is 11.8 Å². The predicted molar refractivity (Wildman–Crippen MR) is 71.2 cm³/mol. The molecular formula is C13H25N3O2. The molecule has 0 radical (unpaired) electrons. The molecule has 1 saturated heterocycles. The van der Waals surface area contributed by atoms with E-state index in [0.717, 1.165) is 19.4 Å².